The van der Waals surface area contributed by atoms with Crippen molar-refractivity contribution in [1.29, 1.82) is 0 Å². The normalized spacial score (nSPS) is 21.0. The van der Waals surface area contributed by atoms with Crippen molar-refractivity contribution in [3.63, 3.8) is 0 Å². The zero-order valence-corrected chi connectivity index (χ0v) is 26.4. The Hall–Kier alpha value is -2.97. The minimum atomic E-state index is -2.51. The molecule has 5 rings (SSSR count). The predicted molar refractivity (Wildman–Crippen MR) is 160 cm³/mol. The molecule has 2 aromatic rings. The lowest BCUT2D eigenvalue weighted by molar-refractivity contribution is -0.217. The van der Waals surface area contributed by atoms with Crippen molar-refractivity contribution in [2.45, 2.75) is 45.1 Å². The van der Waals surface area contributed by atoms with Crippen molar-refractivity contribution in [3.8, 4) is 11.5 Å². The molecule has 45 heavy (non-hydrogen) atoms. The Balaban J connectivity index is 1.26. The van der Waals surface area contributed by atoms with E-state index < -0.39 is 34.7 Å². The maximum atomic E-state index is 13.6. The van der Waals surface area contributed by atoms with Gasteiger partial charge >= 0.3 is 17.7 Å². The van der Waals surface area contributed by atoms with Crippen molar-refractivity contribution in [1.82, 2.24) is 5.32 Å². The first kappa shape index (κ1) is 33.4. The second-order valence-electron chi connectivity index (χ2n) is 12.6. The average Bonchev–Trinajstić information content (AvgIpc) is 3.42. The average molecular weight is 650 g/mol. The van der Waals surface area contributed by atoms with Crippen LogP contribution in [0.5, 0.6) is 11.5 Å². The lowest BCUT2D eigenvalue weighted by Crippen LogP contribution is -2.57. The fourth-order valence-electron chi connectivity index (χ4n) is 5.18. The Morgan fingerprint density at radius 1 is 0.889 bits per heavy atom. The second kappa shape index (κ2) is 14.2. The molecule has 13 heteroatoms. The number of carbonyl (C=O) groups excluding carboxylic acids is 2. The van der Waals surface area contributed by atoms with Gasteiger partial charge in [-0.1, -0.05) is 43.6 Å². The van der Waals surface area contributed by atoms with E-state index in [1.165, 1.54) is 0 Å². The molecule has 12 nitrogen and oxygen atoms in total. The molecule has 3 aliphatic rings. The first-order chi connectivity index (χ1) is 21.5. The van der Waals surface area contributed by atoms with E-state index in [4.69, 9.17) is 49.5 Å². The van der Waals surface area contributed by atoms with Gasteiger partial charge in [0.25, 0.3) is 0 Å². The monoisotopic (exact) mass is 649 g/mol. The Labute approximate surface area is 267 Å². The molecule has 3 heterocycles. The van der Waals surface area contributed by atoms with Gasteiger partial charge in [0.15, 0.2) is 11.5 Å². The highest BCUT2D eigenvalue weighted by atomic mass is 35.5. The van der Waals surface area contributed by atoms with E-state index in [1.54, 1.807) is 30.3 Å². The largest absolute Gasteiger partial charge is 0.459 e. The molecule has 2 saturated heterocycles. The summed E-state index contributed by atoms with van der Waals surface area (Å²) in [4.78, 5) is 27.2. The fourth-order valence-corrected chi connectivity index (χ4v) is 5.38. The van der Waals surface area contributed by atoms with E-state index in [9.17, 15) is 14.7 Å². The third kappa shape index (κ3) is 8.25. The number of halogens is 1. The van der Waals surface area contributed by atoms with Crippen LogP contribution >= 0.6 is 11.6 Å². The van der Waals surface area contributed by atoms with Crippen LogP contribution in [0.25, 0.3) is 0 Å². The second-order valence-corrected chi connectivity index (χ2v) is 13.0. The van der Waals surface area contributed by atoms with E-state index in [0.29, 0.717) is 44.4 Å². The van der Waals surface area contributed by atoms with Crippen LogP contribution < -0.4 is 14.8 Å². The lowest BCUT2D eigenvalue weighted by Gasteiger charge is -2.34. The van der Waals surface area contributed by atoms with Crippen LogP contribution in [0.1, 0.15) is 38.0 Å². The number of hydrogen-bond donors (Lipinski definition) is 2. The van der Waals surface area contributed by atoms with Gasteiger partial charge in [0, 0.05) is 28.4 Å². The highest BCUT2D eigenvalue weighted by Crippen LogP contribution is 2.42. The highest BCUT2D eigenvalue weighted by Gasteiger charge is 2.60. The number of esters is 2. The molecule has 0 unspecified atom stereocenters. The lowest BCUT2D eigenvalue weighted by atomic mass is 9.93. The number of rotatable bonds is 12. The zero-order chi connectivity index (χ0) is 32.1. The van der Waals surface area contributed by atoms with Crippen molar-refractivity contribution < 1.29 is 52.6 Å². The summed E-state index contributed by atoms with van der Waals surface area (Å²) in [7, 11) is 0. The Kier molecular flexibility index (Phi) is 10.5. The summed E-state index contributed by atoms with van der Waals surface area (Å²) in [5.74, 6) is -4.23. The van der Waals surface area contributed by atoms with E-state index >= 15 is 0 Å². The maximum Gasteiger partial charge on any atom is 0.453 e. The van der Waals surface area contributed by atoms with Gasteiger partial charge in [-0.3, -0.25) is 0 Å². The van der Waals surface area contributed by atoms with Gasteiger partial charge in [-0.15, -0.1) is 0 Å². The van der Waals surface area contributed by atoms with Gasteiger partial charge in [0.05, 0.1) is 32.5 Å². The molecule has 0 bridgehead atoms. The van der Waals surface area contributed by atoms with Crippen molar-refractivity contribution in [2.24, 2.45) is 10.8 Å². The molecule has 246 valence electrons. The first-order valence-corrected chi connectivity index (χ1v) is 15.2. The molecule has 3 aliphatic heterocycles. The molecule has 0 aromatic heterocycles. The van der Waals surface area contributed by atoms with Crippen LogP contribution in [-0.2, 0) is 44.4 Å². The quantitative estimate of drug-likeness (QED) is 0.258. The summed E-state index contributed by atoms with van der Waals surface area (Å²) in [5, 5.41) is 14.4. The van der Waals surface area contributed by atoms with Crippen molar-refractivity contribution in [2.75, 3.05) is 59.8 Å². The molecule has 2 atom stereocenters. The number of hydrogen-bond acceptors (Lipinski definition) is 12. The summed E-state index contributed by atoms with van der Waals surface area (Å²) in [6.45, 7) is 7.34. The number of nitrogens with one attached hydrogen (secondary N) is 1. The number of benzene rings is 2. The highest BCUT2D eigenvalue weighted by molar-refractivity contribution is 6.30. The van der Waals surface area contributed by atoms with Crippen LogP contribution in [0.3, 0.4) is 0 Å². The van der Waals surface area contributed by atoms with E-state index in [2.05, 4.69) is 5.32 Å². The molecule has 2 fully saturated rings. The van der Waals surface area contributed by atoms with Gasteiger partial charge in [-0.25, -0.2) is 9.59 Å². The predicted octanol–water partition coefficient (Wildman–Crippen LogP) is 3.17. The molecular weight excluding hydrogens is 610 g/mol. The molecule has 2 aromatic carbocycles. The van der Waals surface area contributed by atoms with Crippen molar-refractivity contribution in [3.05, 3.63) is 58.6 Å². The van der Waals surface area contributed by atoms with E-state index in [1.807, 2.05) is 32.9 Å². The third-order valence-electron chi connectivity index (χ3n) is 7.73. The fraction of sp³-hybridized carbons (Fsp3) is 0.562. The molecule has 0 radical (unpaired) electrons. The van der Waals surface area contributed by atoms with Crippen LogP contribution in [0.15, 0.2) is 42.5 Å². The molecule has 0 aliphatic carbocycles. The van der Waals surface area contributed by atoms with E-state index in [0.717, 1.165) is 11.1 Å². The summed E-state index contributed by atoms with van der Waals surface area (Å²) >= 11 is 6.05. The summed E-state index contributed by atoms with van der Waals surface area (Å²) in [6, 6.07) is 12.2. The first-order valence-electron chi connectivity index (χ1n) is 14.8. The third-order valence-corrected chi connectivity index (χ3v) is 7.96. The van der Waals surface area contributed by atoms with Gasteiger partial charge in [0.2, 0.25) is 0 Å². The standard InChI is InChI=1S/C32H40ClNO11/c1-21(34-12-25(35)23-5-4-6-24(33)11-23)9-22-7-8-26-27(10-22)45-32(44-26,28(36)42-17-30(2)13-38-19-39-14-30)29(37)43-18-31(3)15-40-20-41-16-31/h4-8,10-11,21,25,34-35H,9,12-20H2,1-3H3/t21-,25+/m1/s1. The topological polar surface area (TPSA) is 140 Å². The Morgan fingerprint density at radius 2 is 1.47 bits per heavy atom. The van der Waals surface area contributed by atoms with Gasteiger partial charge < -0.3 is 48.3 Å². The zero-order valence-electron chi connectivity index (χ0n) is 25.7. The molecule has 2 N–H and O–H groups in total. The van der Waals surface area contributed by atoms with Crippen molar-refractivity contribution >= 4 is 23.5 Å². The summed E-state index contributed by atoms with van der Waals surface area (Å²) in [5.41, 5.74) is 0.326. The SMILES string of the molecule is C[C@H](Cc1ccc2c(c1)OC(C(=O)OCC1(C)COCOC1)(C(=O)OCC1(C)COCOC1)O2)NC[C@H](O)c1cccc(Cl)c1. The van der Waals surface area contributed by atoms with Gasteiger partial charge in [-0.05, 0) is 48.7 Å². The molecule has 0 spiro atoms. The molecule has 0 amide bonds. The van der Waals surface area contributed by atoms with Gasteiger partial charge in [-0.2, -0.15) is 0 Å². The van der Waals surface area contributed by atoms with E-state index in [-0.39, 0.29) is 44.3 Å². The Morgan fingerprint density at radius 3 is 2.04 bits per heavy atom. The maximum absolute atomic E-state index is 13.6. The number of aliphatic hydroxyl groups excluding tert-OH is 1. The molecule has 0 saturated carbocycles. The number of carbonyl (C=O) groups is 2. The number of aliphatic hydroxyl groups is 1. The minimum Gasteiger partial charge on any atom is -0.459 e. The smallest absolute Gasteiger partial charge is 0.453 e. The molecular formula is C32H40ClNO11. The summed E-state index contributed by atoms with van der Waals surface area (Å²) in [6.07, 6.45) is -0.180. The van der Waals surface area contributed by atoms with Crippen LogP contribution in [-0.4, -0.2) is 88.6 Å². The van der Waals surface area contributed by atoms with Gasteiger partial charge in [0.1, 0.15) is 26.8 Å². The minimum absolute atomic E-state index is 0.0414. The number of ether oxygens (including phenoxy) is 8. The van der Waals surface area contributed by atoms with Crippen LogP contribution in [0, 0.1) is 10.8 Å². The summed E-state index contributed by atoms with van der Waals surface area (Å²) < 4.78 is 44.6. The van der Waals surface area contributed by atoms with Crippen LogP contribution in [0.4, 0.5) is 0 Å². The Bertz CT molecular complexity index is 1300. The van der Waals surface area contributed by atoms with Crippen LogP contribution in [0.2, 0.25) is 5.02 Å². The number of fused-ring (bicyclic) bond motifs is 1.